The number of carbonyl (C=O) groups is 2. The predicted octanol–water partition coefficient (Wildman–Crippen LogP) is 4.08. The van der Waals surface area contributed by atoms with Gasteiger partial charge in [0.1, 0.15) is 19.7 Å². The molecule has 1 aliphatic heterocycles. The van der Waals surface area contributed by atoms with Crippen molar-refractivity contribution in [3.63, 3.8) is 0 Å². The van der Waals surface area contributed by atoms with Gasteiger partial charge in [0.05, 0.1) is 33.2 Å². The monoisotopic (exact) mass is 471 g/mol. The van der Waals surface area contributed by atoms with E-state index in [-0.39, 0.29) is 31.1 Å². The van der Waals surface area contributed by atoms with Crippen molar-refractivity contribution in [3.05, 3.63) is 83.4 Å². The summed E-state index contributed by atoms with van der Waals surface area (Å²) in [6, 6.07) is 20.0. The molecule has 1 aliphatic rings. The highest BCUT2D eigenvalue weighted by Gasteiger charge is 2.39. The van der Waals surface area contributed by atoms with Gasteiger partial charge >= 0.3 is 12.1 Å². The van der Waals surface area contributed by atoms with E-state index in [1.807, 2.05) is 43.3 Å². The maximum absolute atomic E-state index is 12.8. The van der Waals surface area contributed by atoms with Crippen LogP contribution >= 0.6 is 0 Å². The summed E-state index contributed by atoms with van der Waals surface area (Å²) in [5.74, 6) is 1.02. The topological polar surface area (TPSA) is 74.3 Å². The molecule has 4 rings (SSSR count). The first-order valence-electron chi connectivity index (χ1n) is 11.2. The van der Waals surface area contributed by atoms with E-state index in [1.54, 1.807) is 35.2 Å². The van der Waals surface area contributed by atoms with Crippen LogP contribution < -0.4 is 14.9 Å². The first kappa shape index (κ1) is 24.2. The van der Waals surface area contributed by atoms with Crippen molar-refractivity contribution >= 4 is 25.4 Å². The van der Waals surface area contributed by atoms with E-state index in [0.29, 0.717) is 28.3 Å². The van der Waals surface area contributed by atoms with Crippen molar-refractivity contribution in [2.24, 2.45) is 0 Å². The lowest BCUT2D eigenvalue weighted by atomic mass is 9.94. The molecular weight excluding hydrogens is 445 g/mol. The molecule has 2 atom stereocenters. The third-order valence-electron chi connectivity index (χ3n) is 5.98. The molecule has 1 heterocycles. The first-order chi connectivity index (χ1) is 16.9. The molecule has 3 aromatic carbocycles. The molecular formula is C27H26BNO6. The van der Waals surface area contributed by atoms with Crippen LogP contribution in [0.2, 0.25) is 0 Å². The summed E-state index contributed by atoms with van der Waals surface area (Å²) in [4.78, 5) is 26.2. The van der Waals surface area contributed by atoms with Gasteiger partial charge in [-0.25, -0.2) is 4.79 Å². The van der Waals surface area contributed by atoms with Crippen LogP contribution in [0.3, 0.4) is 0 Å². The SMILES string of the molecule is [B]c1ccc(CN2C(=O)O[C@@H](c3ccccc3)[C@H]2C)c(Oc2cc(CC(=O)OC)ccc2OC)c1. The van der Waals surface area contributed by atoms with E-state index in [4.69, 9.17) is 26.8 Å². The second-order valence-electron chi connectivity index (χ2n) is 8.29. The molecule has 0 bridgehead atoms. The van der Waals surface area contributed by atoms with E-state index in [0.717, 1.165) is 11.1 Å². The quantitative estimate of drug-likeness (QED) is 0.364. The lowest BCUT2D eigenvalue weighted by molar-refractivity contribution is -0.139. The van der Waals surface area contributed by atoms with Crippen LogP contribution in [0, 0.1) is 0 Å². The Morgan fingerprint density at radius 3 is 2.49 bits per heavy atom. The van der Waals surface area contributed by atoms with Crippen molar-refractivity contribution in [3.8, 4) is 17.2 Å². The predicted molar refractivity (Wildman–Crippen MR) is 131 cm³/mol. The number of rotatable bonds is 8. The average molecular weight is 471 g/mol. The fourth-order valence-electron chi connectivity index (χ4n) is 4.05. The highest BCUT2D eigenvalue weighted by molar-refractivity contribution is 6.32. The zero-order chi connectivity index (χ0) is 24.9. The van der Waals surface area contributed by atoms with Crippen LogP contribution in [0.1, 0.15) is 29.7 Å². The summed E-state index contributed by atoms with van der Waals surface area (Å²) in [6.45, 7) is 2.23. The number of benzene rings is 3. The van der Waals surface area contributed by atoms with Gasteiger partial charge in [-0.15, -0.1) is 0 Å². The maximum atomic E-state index is 12.8. The van der Waals surface area contributed by atoms with Crippen LogP contribution in [0.15, 0.2) is 66.7 Å². The molecule has 0 N–H and O–H groups in total. The fraction of sp³-hybridized carbons (Fsp3) is 0.259. The minimum Gasteiger partial charge on any atom is -0.493 e. The lowest BCUT2D eigenvalue weighted by Gasteiger charge is -2.23. The van der Waals surface area contributed by atoms with Crippen molar-refractivity contribution in [1.29, 1.82) is 0 Å². The molecule has 0 spiro atoms. The zero-order valence-corrected chi connectivity index (χ0v) is 19.9. The summed E-state index contributed by atoms with van der Waals surface area (Å²) in [6.07, 6.45) is -0.665. The average Bonchev–Trinajstić information content (AvgIpc) is 3.14. The van der Waals surface area contributed by atoms with Gasteiger partial charge in [-0.3, -0.25) is 9.69 Å². The molecule has 0 aliphatic carbocycles. The Morgan fingerprint density at radius 1 is 1.00 bits per heavy atom. The third-order valence-corrected chi connectivity index (χ3v) is 5.98. The standard InChI is InChI=1S/C27H26BNO6/c1-17-26(19-7-5-4-6-8-19)35-27(31)29(17)16-20-10-11-21(28)15-23(20)34-24-13-18(14-25(30)33-3)9-12-22(24)32-2/h4-13,15,17,26H,14,16H2,1-3H3/t17-,26-/m1/s1. The van der Waals surface area contributed by atoms with Gasteiger partial charge in [0.2, 0.25) is 0 Å². The molecule has 0 aromatic heterocycles. The molecule has 3 aromatic rings. The fourth-order valence-corrected chi connectivity index (χ4v) is 4.05. The molecule has 35 heavy (non-hydrogen) atoms. The number of ether oxygens (including phenoxy) is 4. The van der Waals surface area contributed by atoms with Crippen LogP contribution in [-0.2, 0) is 27.2 Å². The number of hydrogen-bond acceptors (Lipinski definition) is 6. The highest BCUT2D eigenvalue weighted by atomic mass is 16.6. The highest BCUT2D eigenvalue weighted by Crippen LogP contribution is 2.37. The molecule has 7 nitrogen and oxygen atoms in total. The molecule has 1 saturated heterocycles. The summed E-state index contributed by atoms with van der Waals surface area (Å²) < 4.78 is 22.1. The van der Waals surface area contributed by atoms with Gasteiger partial charge in [-0.1, -0.05) is 54.0 Å². The van der Waals surface area contributed by atoms with Crippen LogP contribution in [0.5, 0.6) is 17.2 Å². The van der Waals surface area contributed by atoms with Gasteiger partial charge in [-0.05, 0) is 36.2 Å². The number of carbonyl (C=O) groups excluding carboxylic acids is 2. The van der Waals surface area contributed by atoms with Crippen molar-refractivity contribution in [2.75, 3.05) is 14.2 Å². The Hall–Kier alpha value is -3.94. The number of hydrogen-bond donors (Lipinski definition) is 0. The maximum Gasteiger partial charge on any atom is 0.411 e. The van der Waals surface area contributed by atoms with E-state index in [1.165, 1.54) is 14.2 Å². The van der Waals surface area contributed by atoms with Crippen molar-refractivity contribution < 1.29 is 28.5 Å². The third kappa shape index (κ3) is 5.43. The normalized spacial score (nSPS) is 17.1. The molecule has 2 radical (unpaired) electrons. The molecule has 1 amide bonds. The molecule has 1 fully saturated rings. The Kier molecular flexibility index (Phi) is 7.29. The molecule has 0 saturated carbocycles. The molecule has 178 valence electrons. The number of cyclic esters (lactones) is 1. The van der Waals surface area contributed by atoms with E-state index in [2.05, 4.69) is 0 Å². The van der Waals surface area contributed by atoms with Gasteiger partial charge in [0.15, 0.2) is 11.5 Å². The van der Waals surface area contributed by atoms with E-state index < -0.39 is 6.09 Å². The Labute approximate surface area is 206 Å². The number of esters is 1. The number of methoxy groups -OCH3 is 2. The number of nitrogens with zero attached hydrogens (tertiary/aromatic N) is 1. The summed E-state index contributed by atoms with van der Waals surface area (Å²) >= 11 is 0. The van der Waals surface area contributed by atoms with Crippen LogP contribution in [0.25, 0.3) is 0 Å². The smallest absolute Gasteiger partial charge is 0.411 e. The van der Waals surface area contributed by atoms with E-state index in [9.17, 15) is 9.59 Å². The minimum absolute atomic E-state index is 0.0959. The van der Waals surface area contributed by atoms with Gasteiger partial charge in [0, 0.05) is 5.56 Å². The Balaban J connectivity index is 1.60. The summed E-state index contributed by atoms with van der Waals surface area (Å²) in [5, 5.41) is 0. The second-order valence-corrected chi connectivity index (χ2v) is 8.29. The largest absolute Gasteiger partial charge is 0.493 e. The van der Waals surface area contributed by atoms with Crippen molar-refractivity contribution in [2.45, 2.75) is 32.0 Å². The minimum atomic E-state index is -0.396. The van der Waals surface area contributed by atoms with Gasteiger partial charge in [0.25, 0.3) is 0 Å². The first-order valence-corrected chi connectivity index (χ1v) is 11.2. The Morgan fingerprint density at radius 2 is 1.77 bits per heavy atom. The molecule has 0 unspecified atom stereocenters. The Bertz CT molecular complexity index is 1220. The zero-order valence-electron chi connectivity index (χ0n) is 19.9. The summed E-state index contributed by atoms with van der Waals surface area (Å²) in [7, 11) is 8.93. The van der Waals surface area contributed by atoms with Crippen LogP contribution in [0.4, 0.5) is 4.79 Å². The lowest BCUT2D eigenvalue weighted by Crippen LogP contribution is -2.31. The van der Waals surface area contributed by atoms with E-state index >= 15 is 0 Å². The van der Waals surface area contributed by atoms with Gasteiger partial charge in [-0.2, -0.15) is 0 Å². The number of amides is 1. The van der Waals surface area contributed by atoms with Crippen molar-refractivity contribution in [1.82, 2.24) is 4.90 Å². The van der Waals surface area contributed by atoms with Gasteiger partial charge < -0.3 is 18.9 Å². The summed E-state index contributed by atoms with van der Waals surface area (Å²) in [5.41, 5.74) is 2.90. The molecule has 8 heteroatoms. The van der Waals surface area contributed by atoms with Crippen LogP contribution in [-0.4, -0.2) is 45.1 Å². The second kappa shape index (κ2) is 10.6.